The van der Waals surface area contributed by atoms with Crippen LogP contribution in [0, 0.1) is 23.2 Å². The highest BCUT2D eigenvalue weighted by molar-refractivity contribution is 5.81. The lowest BCUT2D eigenvalue weighted by atomic mass is 9.40. The van der Waals surface area contributed by atoms with Crippen LogP contribution in [0.15, 0.2) is 12.7 Å². The molecule has 4 aliphatic carbocycles. The molecule has 4 bridgehead atoms. The fourth-order valence-electron chi connectivity index (χ4n) is 5.99. The molecule has 4 aliphatic rings. The predicted octanol–water partition coefficient (Wildman–Crippen LogP) is 2.04. The third-order valence-electron chi connectivity index (χ3n) is 6.45. The predicted molar refractivity (Wildman–Crippen MR) is 78.4 cm³/mol. The van der Waals surface area contributed by atoms with E-state index < -0.39 is 29.2 Å². The Morgan fingerprint density at radius 1 is 1.19 bits per heavy atom. The number of ether oxygens (including phenoxy) is 1. The van der Waals surface area contributed by atoms with Crippen LogP contribution in [-0.2, 0) is 9.53 Å². The molecule has 5 atom stereocenters. The number of carbonyl (C=O) groups is 1. The van der Waals surface area contributed by atoms with Crippen molar-refractivity contribution in [3.8, 4) is 0 Å². The van der Waals surface area contributed by atoms with Crippen LogP contribution in [0.2, 0.25) is 0 Å². The monoisotopic (exact) mass is 294 g/mol. The lowest BCUT2D eigenvalue weighted by Gasteiger charge is -2.68. The first-order chi connectivity index (χ1) is 9.85. The van der Waals surface area contributed by atoms with Gasteiger partial charge in [-0.1, -0.05) is 6.58 Å². The van der Waals surface area contributed by atoms with Crippen LogP contribution < -0.4 is 0 Å². The molecule has 0 aromatic heterocycles. The smallest absolute Gasteiger partial charge is 0.330 e. The summed E-state index contributed by atoms with van der Waals surface area (Å²) in [6.07, 6.45) is 4.64. The molecule has 0 aromatic rings. The summed E-state index contributed by atoms with van der Waals surface area (Å²) in [5, 5.41) is 21.1. The molecule has 0 spiro atoms. The van der Waals surface area contributed by atoms with Crippen LogP contribution in [0.4, 0.5) is 0 Å². The van der Waals surface area contributed by atoms with Crippen molar-refractivity contribution in [3.63, 3.8) is 0 Å². The second kappa shape index (κ2) is 4.82. The Bertz CT molecular complexity index is 442. The van der Waals surface area contributed by atoms with Gasteiger partial charge in [-0.05, 0) is 57.8 Å². The van der Waals surface area contributed by atoms with E-state index in [4.69, 9.17) is 4.74 Å². The highest BCUT2D eigenvalue weighted by Crippen LogP contribution is 2.68. The number of aliphatic hydroxyl groups excluding tert-OH is 2. The summed E-state index contributed by atoms with van der Waals surface area (Å²) >= 11 is 0. The molecule has 4 nitrogen and oxygen atoms in total. The third kappa shape index (κ3) is 1.85. The van der Waals surface area contributed by atoms with Gasteiger partial charge in [-0.3, -0.25) is 0 Å². The molecule has 2 N–H and O–H groups in total. The van der Waals surface area contributed by atoms with Crippen molar-refractivity contribution in [1.29, 1.82) is 0 Å². The van der Waals surface area contributed by atoms with Crippen molar-refractivity contribution < 1.29 is 19.7 Å². The van der Waals surface area contributed by atoms with Gasteiger partial charge in [0, 0.05) is 17.4 Å². The van der Waals surface area contributed by atoms with Gasteiger partial charge in [0.1, 0.15) is 5.60 Å². The molecule has 21 heavy (non-hydrogen) atoms. The summed E-state index contributed by atoms with van der Waals surface area (Å²) in [6, 6.07) is 0. The van der Waals surface area contributed by atoms with Crippen molar-refractivity contribution in [3.05, 3.63) is 12.7 Å². The van der Waals surface area contributed by atoms with E-state index >= 15 is 0 Å². The van der Waals surface area contributed by atoms with E-state index in [0.717, 1.165) is 31.8 Å². The third-order valence-corrected chi connectivity index (χ3v) is 6.45. The van der Waals surface area contributed by atoms with Crippen molar-refractivity contribution >= 4 is 5.97 Å². The number of rotatable bonds is 4. The number of esters is 1. The van der Waals surface area contributed by atoms with E-state index in [1.54, 1.807) is 13.8 Å². The Morgan fingerprint density at radius 2 is 1.76 bits per heavy atom. The molecule has 0 saturated heterocycles. The maximum absolute atomic E-state index is 11.9. The Balaban J connectivity index is 2.10. The minimum Gasteiger partial charge on any atom is -0.452 e. The molecular formula is C17H26O4. The number of carbonyl (C=O) groups excluding carboxylic acids is 1. The normalized spacial score (nSPS) is 47.0. The van der Waals surface area contributed by atoms with Crippen molar-refractivity contribution in [2.24, 2.45) is 23.2 Å². The number of hydrogen-bond donors (Lipinski definition) is 2. The van der Waals surface area contributed by atoms with Gasteiger partial charge in [0.05, 0.1) is 12.2 Å². The Labute approximate surface area is 126 Å². The van der Waals surface area contributed by atoms with Gasteiger partial charge in [-0.25, -0.2) is 4.79 Å². The molecule has 0 amide bonds. The lowest BCUT2D eigenvalue weighted by Crippen LogP contribution is -2.73. The van der Waals surface area contributed by atoms with E-state index in [2.05, 4.69) is 6.58 Å². The Morgan fingerprint density at radius 3 is 2.19 bits per heavy atom. The highest BCUT2D eigenvalue weighted by atomic mass is 16.6. The van der Waals surface area contributed by atoms with Gasteiger partial charge in [0.25, 0.3) is 0 Å². The topological polar surface area (TPSA) is 66.8 Å². The molecular weight excluding hydrogens is 268 g/mol. The molecule has 0 aliphatic heterocycles. The Hall–Kier alpha value is -0.870. The Kier molecular flexibility index (Phi) is 3.45. The van der Waals surface area contributed by atoms with E-state index in [1.807, 2.05) is 0 Å². The molecule has 4 heteroatoms. The largest absolute Gasteiger partial charge is 0.452 e. The molecule has 4 fully saturated rings. The standard InChI is InChI=1S/C17H26O4/c1-4-15(20)21-17(11(3)19)14-6-12-5-13(7-14)9-16(17,8-12)10(2)18/h4,10-14,18-19H,1,5-9H2,2-3H3. The summed E-state index contributed by atoms with van der Waals surface area (Å²) in [7, 11) is 0. The zero-order valence-electron chi connectivity index (χ0n) is 12.9. The van der Waals surface area contributed by atoms with Gasteiger partial charge in [0.15, 0.2) is 0 Å². The van der Waals surface area contributed by atoms with Crippen LogP contribution >= 0.6 is 0 Å². The summed E-state index contributed by atoms with van der Waals surface area (Å²) in [6.45, 7) is 6.96. The second-order valence-corrected chi connectivity index (χ2v) is 7.47. The molecule has 0 radical (unpaired) electrons. The fraction of sp³-hybridized carbons (Fsp3) is 0.824. The lowest BCUT2D eigenvalue weighted by molar-refractivity contribution is -0.295. The van der Waals surface area contributed by atoms with Gasteiger partial charge in [0.2, 0.25) is 0 Å². The minimum atomic E-state index is -0.972. The number of hydrogen-bond acceptors (Lipinski definition) is 4. The molecule has 118 valence electrons. The zero-order valence-corrected chi connectivity index (χ0v) is 12.9. The van der Waals surface area contributed by atoms with Crippen molar-refractivity contribution in [1.82, 2.24) is 0 Å². The SMILES string of the molecule is C=CC(=O)OC1(C(C)O)C2CC3CC(C2)CC1(C(C)O)C3. The second-order valence-electron chi connectivity index (χ2n) is 7.47. The first-order valence-electron chi connectivity index (χ1n) is 8.07. The van der Waals surface area contributed by atoms with Crippen molar-refractivity contribution in [2.75, 3.05) is 0 Å². The van der Waals surface area contributed by atoms with Crippen LogP contribution in [0.1, 0.15) is 46.0 Å². The molecule has 0 heterocycles. The summed E-state index contributed by atoms with van der Waals surface area (Å²) in [4.78, 5) is 11.9. The minimum absolute atomic E-state index is 0.141. The quantitative estimate of drug-likeness (QED) is 0.615. The fourth-order valence-corrected chi connectivity index (χ4v) is 5.99. The van der Waals surface area contributed by atoms with Crippen LogP contribution in [0.25, 0.3) is 0 Å². The summed E-state index contributed by atoms with van der Waals surface area (Å²) < 4.78 is 5.82. The van der Waals surface area contributed by atoms with E-state index in [9.17, 15) is 15.0 Å². The maximum Gasteiger partial charge on any atom is 0.330 e. The van der Waals surface area contributed by atoms with Crippen LogP contribution in [-0.4, -0.2) is 34.0 Å². The van der Waals surface area contributed by atoms with E-state index in [0.29, 0.717) is 11.8 Å². The average Bonchev–Trinajstić information content (AvgIpc) is 2.41. The van der Waals surface area contributed by atoms with Crippen LogP contribution in [0.3, 0.4) is 0 Å². The highest BCUT2D eigenvalue weighted by Gasteiger charge is 2.71. The van der Waals surface area contributed by atoms with Crippen LogP contribution in [0.5, 0.6) is 0 Å². The zero-order chi connectivity index (χ0) is 15.4. The first kappa shape index (κ1) is 15.0. The first-order valence-corrected chi connectivity index (χ1v) is 8.07. The van der Waals surface area contributed by atoms with E-state index in [-0.39, 0.29) is 5.92 Å². The van der Waals surface area contributed by atoms with Crippen molar-refractivity contribution in [2.45, 2.75) is 63.8 Å². The molecule has 5 unspecified atom stereocenters. The van der Waals surface area contributed by atoms with Gasteiger partial charge in [-0.15, -0.1) is 0 Å². The summed E-state index contributed by atoms with van der Waals surface area (Å²) in [5.41, 5.74) is -1.49. The summed E-state index contributed by atoms with van der Waals surface area (Å²) in [5.74, 6) is 0.823. The van der Waals surface area contributed by atoms with Gasteiger partial charge < -0.3 is 14.9 Å². The molecule has 4 rings (SSSR count). The maximum atomic E-state index is 11.9. The molecule has 0 aromatic carbocycles. The average molecular weight is 294 g/mol. The number of aliphatic hydroxyl groups is 2. The van der Waals surface area contributed by atoms with Gasteiger partial charge in [-0.2, -0.15) is 0 Å². The van der Waals surface area contributed by atoms with E-state index in [1.165, 1.54) is 6.42 Å². The van der Waals surface area contributed by atoms with Gasteiger partial charge >= 0.3 is 5.97 Å². The molecule has 4 saturated carbocycles.